The second-order valence-electron chi connectivity index (χ2n) is 5.81. The van der Waals surface area contributed by atoms with Crippen LogP contribution in [0.1, 0.15) is 25.3 Å². The third-order valence-electron chi connectivity index (χ3n) is 4.06. The Morgan fingerprint density at radius 3 is 2.70 bits per heavy atom. The molecule has 0 amide bonds. The summed E-state index contributed by atoms with van der Waals surface area (Å²) in [5, 5.41) is 16.0. The summed E-state index contributed by atoms with van der Waals surface area (Å²) in [4.78, 5) is 4.63. The van der Waals surface area contributed by atoms with Crippen molar-refractivity contribution in [1.29, 1.82) is 0 Å². The number of aliphatic hydroxyl groups excluding tert-OH is 1. The predicted molar refractivity (Wildman–Crippen MR) is 104 cm³/mol. The number of guanidine groups is 1. The molecule has 0 radical (unpaired) electrons. The minimum Gasteiger partial charge on any atom is -0.396 e. The Kier molecular flexibility index (Phi) is 9.50. The Balaban J connectivity index is 0.00000264. The first-order valence-corrected chi connectivity index (χ1v) is 8.03. The van der Waals surface area contributed by atoms with E-state index in [0.29, 0.717) is 13.2 Å². The fraction of sp³-hybridized carbons (Fsp3) is 0.588. The van der Waals surface area contributed by atoms with Crippen molar-refractivity contribution in [1.82, 2.24) is 10.6 Å². The number of nitrogens with one attached hydrogen (secondary N) is 2. The number of ether oxygens (including phenoxy) is 1. The molecule has 0 saturated carbocycles. The second kappa shape index (κ2) is 10.8. The van der Waals surface area contributed by atoms with E-state index in [1.54, 1.807) is 0 Å². The Morgan fingerprint density at radius 2 is 2.09 bits per heavy atom. The normalized spacial score (nSPS) is 20.9. The molecule has 1 aromatic carbocycles. The summed E-state index contributed by atoms with van der Waals surface area (Å²) in [5.74, 6) is 0.815. The number of hydrogen-bond donors (Lipinski definition) is 3. The van der Waals surface area contributed by atoms with E-state index in [1.807, 2.05) is 18.2 Å². The molecular weight excluding hydrogens is 405 g/mol. The summed E-state index contributed by atoms with van der Waals surface area (Å²) in [6.07, 6.45) is 1.75. The fourth-order valence-electron chi connectivity index (χ4n) is 2.68. The van der Waals surface area contributed by atoms with Gasteiger partial charge in [0.1, 0.15) is 0 Å². The second-order valence-corrected chi connectivity index (χ2v) is 5.81. The Hall–Kier alpha value is -0.860. The zero-order valence-corrected chi connectivity index (χ0v) is 16.1. The highest BCUT2D eigenvalue weighted by Crippen LogP contribution is 2.31. The van der Waals surface area contributed by atoms with Crippen LogP contribution in [-0.4, -0.2) is 44.0 Å². The van der Waals surface area contributed by atoms with Gasteiger partial charge in [0.2, 0.25) is 0 Å². The summed E-state index contributed by atoms with van der Waals surface area (Å²) in [7, 11) is 0. The maximum absolute atomic E-state index is 9.28. The number of halogens is 1. The number of aliphatic hydroxyl groups is 1. The first kappa shape index (κ1) is 20.2. The van der Waals surface area contributed by atoms with Crippen LogP contribution in [0.2, 0.25) is 0 Å². The summed E-state index contributed by atoms with van der Waals surface area (Å²) < 4.78 is 5.52. The van der Waals surface area contributed by atoms with E-state index in [9.17, 15) is 5.11 Å². The highest BCUT2D eigenvalue weighted by Gasteiger charge is 2.34. The molecule has 0 aromatic heterocycles. The van der Waals surface area contributed by atoms with Crippen molar-refractivity contribution >= 4 is 29.9 Å². The van der Waals surface area contributed by atoms with Crippen molar-refractivity contribution in [3.05, 3.63) is 35.9 Å². The van der Waals surface area contributed by atoms with Crippen molar-refractivity contribution in [2.45, 2.75) is 26.3 Å². The molecular formula is C17H28IN3O2. The summed E-state index contributed by atoms with van der Waals surface area (Å²) in [6.45, 7) is 5.99. The van der Waals surface area contributed by atoms with Gasteiger partial charge in [-0.1, -0.05) is 30.3 Å². The summed E-state index contributed by atoms with van der Waals surface area (Å²) in [5.41, 5.74) is 1.21. The smallest absolute Gasteiger partial charge is 0.191 e. The average Bonchev–Trinajstić information content (AvgIpc) is 3.00. The number of aliphatic imine (C=N–C) groups is 1. The number of rotatable bonds is 7. The molecule has 5 nitrogen and oxygen atoms in total. The molecule has 1 aromatic rings. The zero-order chi connectivity index (χ0) is 15.7. The van der Waals surface area contributed by atoms with Crippen LogP contribution in [0.5, 0.6) is 0 Å². The van der Waals surface area contributed by atoms with Crippen LogP contribution < -0.4 is 10.6 Å². The number of nitrogens with zero attached hydrogens (tertiary/aromatic N) is 1. The van der Waals surface area contributed by atoms with Crippen molar-refractivity contribution in [2.75, 3.05) is 32.9 Å². The van der Waals surface area contributed by atoms with Gasteiger partial charge >= 0.3 is 0 Å². The molecule has 0 spiro atoms. The molecule has 0 bridgehead atoms. The number of benzene rings is 1. The quantitative estimate of drug-likeness (QED) is 0.350. The first-order valence-electron chi connectivity index (χ1n) is 8.03. The lowest BCUT2D eigenvalue weighted by molar-refractivity contribution is 0.127. The maximum Gasteiger partial charge on any atom is 0.191 e. The molecule has 6 heteroatoms. The summed E-state index contributed by atoms with van der Waals surface area (Å²) >= 11 is 0. The molecule has 2 rings (SSSR count). The molecule has 1 heterocycles. The molecule has 1 fully saturated rings. The van der Waals surface area contributed by atoms with Gasteiger partial charge in [-0.3, -0.25) is 0 Å². The maximum atomic E-state index is 9.28. The van der Waals surface area contributed by atoms with Gasteiger partial charge in [-0.2, -0.15) is 0 Å². The Morgan fingerprint density at radius 1 is 1.30 bits per heavy atom. The topological polar surface area (TPSA) is 65.9 Å². The lowest BCUT2D eigenvalue weighted by Crippen LogP contribution is -2.44. The lowest BCUT2D eigenvalue weighted by atomic mass is 9.84. The predicted octanol–water partition coefficient (Wildman–Crippen LogP) is 2.15. The average molecular weight is 433 g/mol. The van der Waals surface area contributed by atoms with Crippen LogP contribution in [0.15, 0.2) is 35.3 Å². The van der Waals surface area contributed by atoms with Crippen molar-refractivity contribution < 1.29 is 9.84 Å². The van der Waals surface area contributed by atoms with Crippen LogP contribution in [0.3, 0.4) is 0 Å². The van der Waals surface area contributed by atoms with E-state index in [2.05, 4.69) is 34.7 Å². The molecule has 23 heavy (non-hydrogen) atoms. The Labute approximate surface area is 155 Å². The molecule has 1 atom stereocenters. The van der Waals surface area contributed by atoms with Gasteiger partial charge in [-0.25, -0.2) is 4.99 Å². The molecule has 1 saturated heterocycles. The van der Waals surface area contributed by atoms with Gasteiger partial charge < -0.3 is 20.5 Å². The van der Waals surface area contributed by atoms with E-state index >= 15 is 0 Å². The molecule has 3 N–H and O–H groups in total. The Bertz CT molecular complexity index is 462. The van der Waals surface area contributed by atoms with Gasteiger partial charge in [0.25, 0.3) is 0 Å². The van der Waals surface area contributed by atoms with Gasteiger partial charge in [0, 0.05) is 31.7 Å². The van der Waals surface area contributed by atoms with Crippen LogP contribution in [0.4, 0.5) is 0 Å². The van der Waals surface area contributed by atoms with E-state index in [4.69, 9.17) is 4.74 Å². The largest absolute Gasteiger partial charge is 0.396 e. The third-order valence-corrected chi connectivity index (χ3v) is 4.06. The molecule has 1 aliphatic rings. The van der Waals surface area contributed by atoms with Crippen molar-refractivity contribution in [3.8, 4) is 0 Å². The molecule has 1 aliphatic heterocycles. The van der Waals surface area contributed by atoms with Gasteiger partial charge in [0.15, 0.2) is 5.96 Å². The third kappa shape index (κ3) is 6.64. The van der Waals surface area contributed by atoms with Crippen LogP contribution in [-0.2, 0) is 11.3 Å². The van der Waals surface area contributed by atoms with Gasteiger partial charge in [-0.15, -0.1) is 24.0 Å². The van der Waals surface area contributed by atoms with Crippen LogP contribution in [0.25, 0.3) is 0 Å². The fourth-order valence-corrected chi connectivity index (χ4v) is 2.68. The van der Waals surface area contributed by atoms with Crippen molar-refractivity contribution in [3.63, 3.8) is 0 Å². The van der Waals surface area contributed by atoms with E-state index in [1.165, 1.54) is 5.56 Å². The van der Waals surface area contributed by atoms with Crippen LogP contribution in [0, 0.1) is 5.41 Å². The first-order chi connectivity index (χ1) is 10.8. The monoisotopic (exact) mass is 433 g/mol. The summed E-state index contributed by atoms with van der Waals surface area (Å²) in [6, 6.07) is 10.2. The standard InChI is InChI=1S/C17H27N3O2.HI/c1-2-18-16(19-12-15-6-4-3-5-7-15)20-13-17(8-10-21)9-11-22-14-17;/h3-7,21H,2,8-14H2,1H3,(H2,18,19,20);1H. The highest BCUT2D eigenvalue weighted by atomic mass is 127. The van der Waals surface area contributed by atoms with E-state index < -0.39 is 0 Å². The zero-order valence-electron chi connectivity index (χ0n) is 13.8. The highest BCUT2D eigenvalue weighted by molar-refractivity contribution is 14.0. The van der Waals surface area contributed by atoms with Crippen LogP contribution >= 0.6 is 24.0 Å². The minimum atomic E-state index is 0. The minimum absolute atomic E-state index is 0. The SMILES string of the molecule is CCNC(=NCc1ccccc1)NCC1(CCO)CCOC1.I. The van der Waals surface area contributed by atoms with Crippen molar-refractivity contribution in [2.24, 2.45) is 10.4 Å². The number of hydrogen-bond acceptors (Lipinski definition) is 3. The molecule has 0 aliphatic carbocycles. The lowest BCUT2D eigenvalue weighted by Gasteiger charge is -2.27. The molecule has 130 valence electrons. The van der Waals surface area contributed by atoms with Gasteiger partial charge in [0.05, 0.1) is 13.2 Å². The van der Waals surface area contributed by atoms with E-state index in [-0.39, 0.29) is 36.0 Å². The van der Waals surface area contributed by atoms with Gasteiger partial charge in [-0.05, 0) is 25.3 Å². The molecule has 1 unspecified atom stereocenters. The van der Waals surface area contributed by atoms with E-state index in [0.717, 1.165) is 38.5 Å².